The fourth-order valence-electron chi connectivity index (χ4n) is 2.35. The molecule has 0 spiro atoms. The van der Waals surface area contributed by atoms with Gasteiger partial charge in [0.15, 0.2) is 11.6 Å². The van der Waals surface area contributed by atoms with Crippen molar-refractivity contribution in [2.45, 2.75) is 26.7 Å². The van der Waals surface area contributed by atoms with E-state index in [0.717, 1.165) is 5.56 Å². The monoisotopic (exact) mass is 312 g/mol. The van der Waals surface area contributed by atoms with E-state index in [2.05, 4.69) is 15.3 Å². The Bertz CT molecular complexity index is 849. The number of pyridine rings is 2. The summed E-state index contributed by atoms with van der Waals surface area (Å²) in [5.41, 5.74) is 1.63. The number of amides is 1. The van der Waals surface area contributed by atoms with Crippen LogP contribution in [0.1, 0.15) is 28.8 Å². The largest absolute Gasteiger partial charge is 0.504 e. The first kappa shape index (κ1) is 16.2. The van der Waals surface area contributed by atoms with Gasteiger partial charge in [-0.1, -0.05) is 0 Å². The van der Waals surface area contributed by atoms with Crippen molar-refractivity contribution in [2.24, 2.45) is 0 Å². The number of anilines is 1. The van der Waals surface area contributed by atoms with E-state index in [1.165, 1.54) is 12.3 Å². The van der Waals surface area contributed by atoms with Crippen LogP contribution < -0.4 is 10.9 Å². The molecule has 2 heterocycles. The molecule has 118 valence electrons. The lowest BCUT2D eigenvalue weighted by Gasteiger charge is -2.11. The molecule has 2 rings (SSSR count). The summed E-state index contributed by atoms with van der Waals surface area (Å²) >= 11 is 0. The Labute approximate surface area is 132 Å². The molecule has 0 fully saturated rings. The Balaban J connectivity index is 2.13. The van der Waals surface area contributed by atoms with Crippen molar-refractivity contribution < 1.29 is 9.90 Å². The molecule has 0 bridgehead atoms. The van der Waals surface area contributed by atoms with Crippen LogP contribution in [0.2, 0.25) is 0 Å². The van der Waals surface area contributed by atoms with E-state index in [1.807, 2.05) is 6.07 Å². The van der Waals surface area contributed by atoms with E-state index in [1.54, 1.807) is 19.9 Å². The molecule has 0 aromatic carbocycles. The Kier molecular flexibility index (Phi) is 4.76. The van der Waals surface area contributed by atoms with Gasteiger partial charge in [-0.2, -0.15) is 5.26 Å². The summed E-state index contributed by atoms with van der Waals surface area (Å²) in [6, 6.07) is 4.86. The number of aromatic hydroxyl groups is 1. The van der Waals surface area contributed by atoms with Gasteiger partial charge in [0.05, 0.1) is 0 Å². The lowest BCUT2D eigenvalue weighted by atomic mass is 9.99. The number of aryl methyl sites for hydroxylation is 1. The fraction of sp³-hybridized carbons (Fsp3) is 0.250. The van der Waals surface area contributed by atoms with Gasteiger partial charge in [0, 0.05) is 18.3 Å². The SMILES string of the molecule is Cc1[nH]c(=O)c(C#N)c(C)c1CCC(=O)Nc1ncccc1O. The number of nitrogens with one attached hydrogen (secondary N) is 2. The third-order valence-corrected chi connectivity index (χ3v) is 3.57. The van der Waals surface area contributed by atoms with Crippen LogP contribution in [0, 0.1) is 25.2 Å². The molecule has 7 nitrogen and oxygen atoms in total. The average molecular weight is 312 g/mol. The predicted molar refractivity (Wildman–Crippen MR) is 84.1 cm³/mol. The number of hydrogen-bond donors (Lipinski definition) is 3. The number of rotatable bonds is 4. The van der Waals surface area contributed by atoms with Gasteiger partial charge in [-0.3, -0.25) is 9.59 Å². The van der Waals surface area contributed by atoms with Crippen LogP contribution in [0.4, 0.5) is 5.82 Å². The third kappa shape index (κ3) is 3.55. The summed E-state index contributed by atoms with van der Waals surface area (Å²) in [6.07, 6.45) is 1.96. The van der Waals surface area contributed by atoms with Crippen molar-refractivity contribution in [1.82, 2.24) is 9.97 Å². The van der Waals surface area contributed by atoms with Gasteiger partial charge >= 0.3 is 0 Å². The Hall–Kier alpha value is -3.14. The second-order valence-corrected chi connectivity index (χ2v) is 5.09. The van der Waals surface area contributed by atoms with Crippen molar-refractivity contribution in [3.63, 3.8) is 0 Å². The highest BCUT2D eigenvalue weighted by Gasteiger charge is 2.14. The molecule has 1 amide bonds. The second-order valence-electron chi connectivity index (χ2n) is 5.09. The van der Waals surface area contributed by atoms with Crippen molar-refractivity contribution >= 4 is 11.7 Å². The molecule has 0 aliphatic carbocycles. The van der Waals surface area contributed by atoms with Crippen LogP contribution in [-0.4, -0.2) is 21.0 Å². The highest BCUT2D eigenvalue weighted by Crippen LogP contribution is 2.19. The molecular weight excluding hydrogens is 296 g/mol. The van der Waals surface area contributed by atoms with Gasteiger partial charge in [-0.15, -0.1) is 0 Å². The zero-order chi connectivity index (χ0) is 17.0. The predicted octanol–water partition coefficient (Wildman–Crippen LogP) is 1.54. The van der Waals surface area contributed by atoms with Crippen molar-refractivity contribution in [3.05, 3.63) is 51.1 Å². The molecule has 0 saturated heterocycles. The van der Waals surface area contributed by atoms with Crippen LogP contribution in [0.5, 0.6) is 5.75 Å². The molecule has 2 aromatic rings. The van der Waals surface area contributed by atoms with Crippen LogP contribution >= 0.6 is 0 Å². The molecule has 0 aliphatic heterocycles. The van der Waals surface area contributed by atoms with E-state index in [4.69, 9.17) is 5.26 Å². The number of nitrogens with zero attached hydrogens (tertiary/aromatic N) is 2. The average Bonchev–Trinajstić information content (AvgIpc) is 2.49. The summed E-state index contributed by atoms with van der Waals surface area (Å²) in [6.45, 7) is 3.42. The first-order valence-corrected chi connectivity index (χ1v) is 7.00. The maximum atomic E-state index is 12.0. The minimum Gasteiger partial charge on any atom is -0.504 e. The lowest BCUT2D eigenvalue weighted by Crippen LogP contribution is -2.18. The number of aromatic nitrogens is 2. The van der Waals surface area contributed by atoms with Gasteiger partial charge in [0.1, 0.15) is 11.6 Å². The Morgan fingerprint density at radius 1 is 1.48 bits per heavy atom. The van der Waals surface area contributed by atoms with E-state index in [-0.39, 0.29) is 29.5 Å². The molecule has 0 aliphatic rings. The minimum absolute atomic E-state index is 0.0633. The van der Waals surface area contributed by atoms with Gasteiger partial charge in [0.25, 0.3) is 5.56 Å². The number of carbonyl (C=O) groups is 1. The topological polar surface area (TPSA) is 119 Å². The zero-order valence-electron chi connectivity index (χ0n) is 12.8. The van der Waals surface area contributed by atoms with E-state index in [9.17, 15) is 14.7 Å². The zero-order valence-corrected chi connectivity index (χ0v) is 12.8. The number of nitriles is 1. The van der Waals surface area contributed by atoms with Crippen LogP contribution in [0.3, 0.4) is 0 Å². The van der Waals surface area contributed by atoms with E-state index < -0.39 is 5.56 Å². The highest BCUT2D eigenvalue weighted by atomic mass is 16.3. The summed E-state index contributed by atoms with van der Waals surface area (Å²) in [7, 11) is 0. The molecule has 0 unspecified atom stereocenters. The Morgan fingerprint density at radius 2 is 2.22 bits per heavy atom. The van der Waals surface area contributed by atoms with Gasteiger partial charge in [-0.25, -0.2) is 4.98 Å². The standard InChI is InChI=1S/C16H16N4O3/c1-9-11(10(2)19-16(23)12(9)8-17)5-6-14(22)20-15-13(21)4-3-7-18-15/h3-4,7,21H,5-6H2,1-2H3,(H,19,23)(H,18,20,22). The molecule has 2 aromatic heterocycles. The summed E-state index contributed by atoms with van der Waals surface area (Å²) < 4.78 is 0. The maximum absolute atomic E-state index is 12.0. The molecule has 7 heteroatoms. The number of hydrogen-bond acceptors (Lipinski definition) is 5. The molecule has 0 saturated carbocycles. The number of carbonyl (C=O) groups excluding carboxylic acids is 1. The van der Waals surface area contributed by atoms with Crippen molar-refractivity contribution in [3.8, 4) is 11.8 Å². The third-order valence-electron chi connectivity index (χ3n) is 3.57. The quantitative estimate of drug-likeness (QED) is 0.791. The highest BCUT2D eigenvalue weighted by molar-refractivity contribution is 5.91. The summed E-state index contributed by atoms with van der Waals surface area (Å²) in [5, 5.41) is 21.1. The second kappa shape index (κ2) is 6.75. The van der Waals surface area contributed by atoms with Crippen LogP contribution in [0.25, 0.3) is 0 Å². The van der Waals surface area contributed by atoms with E-state index >= 15 is 0 Å². The molecule has 3 N–H and O–H groups in total. The van der Waals surface area contributed by atoms with Gasteiger partial charge in [0.2, 0.25) is 5.91 Å². The normalized spacial score (nSPS) is 10.1. The maximum Gasteiger partial charge on any atom is 0.266 e. The van der Waals surface area contributed by atoms with Gasteiger partial charge < -0.3 is 15.4 Å². The minimum atomic E-state index is -0.422. The van der Waals surface area contributed by atoms with Crippen molar-refractivity contribution in [2.75, 3.05) is 5.32 Å². The van der Waals surface area contributed by atoms with Gasteiger partial charge in [-0.05, 0) is 43.5 Å². The Morgan fingerprint density at radius 3 is 2.87 bits per heavy atom. The first-order chi connectivity index (χ1) is 10.9. The van der Waals surface area contributed by atoms with E-state index in [0.29, 0.717) is 17.7 Å². The molecule has 0 atom stereocenters. The van der Waals surface area contributed by atoms with Crippen molar-refractivity contribution in [1.29, 1.82) is 5.26 Å². The molecule has 23 heavy (non-hydrogen) atoms. The molecular formula is C16H16N4O3. The number of H-pyrrole nitrogens is 1. The van der Waals surface area contributed by atoms with Crippen LogP contribution in [-0.2, 0) is 11.2 Å². The summed E-state index contributed by atoms with van der Waals surface area (Å²) in [4.78, 5) is 30.1. The smallest absolute Gasteiger partial charge is 0.266 e. The lowest BCUT2D eigenvalue weighted by molar-refractivity contribution is -0.116. The molecule has 0 radical (unpaired) electrons. The fourth-order valence-corrected chi connectivity index (χ4v) is 2.35. The van der Waals surface area contributed by atoms with Crippen LogP contribution in [0.15, 0.2) is 23.1 Å². The summed E-state index contributed by atoms with van der Waals surface area (Å²) in [5.74, 6) is -0.323. The number of aromatic amines is 1. The first-order valence-electron chi connectivity index (χ1n) is 7.00.